The van der Waals surface area contributed by atoms with Crippen molar-refractivity contribution in [1.82, 2.24) is 4.98 Å². The second-order valence-electron chi connectivity index (χ2n) is 4.44. The number of hydrogen-bond donors (Lipinski definition) is 1. The number of nitrogens with zero attached hydrogens (tertiary/aromatic N) is 1. The van der Waals surface area contributed by atoms with E-state index >= 15 is 0 Å². The molecule has 3 nitrogen and oxygen atoms in total. The Morgan fingerprint density at radius 1 is 1.25 bits per heavy atom. The lowest BCUT2D eigenvalue weighted by Gasteiger charge is -2.11. The highest BCUT2D eigenvalue weighted by molar-refractivity contribution is 5.07. The van der Waals surface area contributed by atoms with Crippen LogP contribution in [0.3, 0.4) is 0 Å². The average Bonchev–Trinajstić information content (AvgIpc) is 2.29. The Morgan fingerprint density at radius 2 is 2.00 bits per heavy atom. The van der Waals surface area contributed by atoms with Gasteiger partial charge < -0.3 is 10.5 Å². The van der Waals surface area contributed by atoms with E-state index in [1.54, 1.807) is 6.20 Å². The zero-order valence-corrected chi connectivity index (χ0v) is 10.2. The molecule has 1 rings (SSSR count). The minimum absolute atomic E-state index is 0.0137. The minimum Gasteiger partial charge on any atom is -0.381 e. The number of aromatic nitrogens is 1. The molecule has 0 aliphatic carbocycles. The van der Waals surface area contributed by atoms with Crippen LogP contribution in [0.1, 0.15) is 38.4 Å². The topological polar surface area (TPSA) is 48.1 Å². The van der Waals surface area contributed by atoms with Crippen LogP contribution in [0.2, 0.25) is 0 Å². The van der Waals surface area contributed by atoms with Crippen LogP contribution in [0.15, 0.2) is 24.4 Å². The van der Waals surface area contributed by atoms with Crippen molar-refractivity contribution in [3.63, 3.8) is 0 Å². The quantitative estimate of drug-likeness (QED) is 0.721. The number of ether oxygens (including phenoxy) is 1. The number of hydrogen-bond acceptors (Lipinski definition) is 3. The average molecular weight is 222 g/mol. The van der Waals surface area contributed by atoms with E-state index in [9.17, 15) is 0 Å². The van der Waals surface area contributed by atoms with Crippen LogP contribution in [0, 0.1) is 5.92 Å². The predicted octanol–water partition coefficient (Wildman–Crippen LogP) is 2.53. The van der Waals surface area contributed by atoms with E-state index in [0.717, 1.165) is 25.1 Å². The van der Waals surface area contributed by atoms with E-state index in [2.05, 4.69) is 18.8 Å². The molecule has 0 aromatic carbocycles. The van der Waals surface area contributed by atoms with Crippen LogP contribution >= 0.6 is 0 Å². The van der Waals surface area contributed by atoms with E-state index in [4.69, 9.17) is 10.5 Å². The first-order valence-corrected chi connectivity index (χ1v) is 5.94. The normalized spacial score (nSPS) is 13.0. The second kappa shape index (κ2) is 7.36. The molecule has 2 N–H and O–H groups in total. The van der Waals surface area contributed by atoms with Crippen LogP contribution in [-0.2, 0) is 4.74 Å². The molecule has 1 aromatic heterocycles. The summed E-state index contributed by atoms with van der Waals surface area (Å²) in [5, 5.41) is 0. The zero-order chi connectivity index (χ0) is 11.8. The summed E-state index contributed by atoms with van der Waals surface area (Å²) in [5.41, 5.74) is 6.93. The molecular formula is C13H22N2O. The van der Waals surface area contributed by atoms with Gasteiger partial charge in [0.1, 0.15) is 0 Å². The molecule has 0 spiro atoms. The first-order chi connectivity index (χ1) is 7.70. The highest BCUT2D eigenvalue weighted by atomic mass is 16.5. The van der Waals surface area contributed by atoms with Crippen molar-refractivity contribution in [1.29, 1.82) is 0 Å². The van der Waals surface area contributed by atoms with E-state index in [1.807, 2.05) is 18.2 Å². The van der Waals surface area contributed by atoms with Crippen LogP contribution in [0.4, 0.5) is 0 Å². The Morgan fingerprint density at radius 3 is 2.62 bits per heavy atom. The lowest BCUT2D eigenvalue weighted by Crippen LogP contribution is -2.14. The fourth-order valence-electron chi connectivity index (χ4n) is 1.37. The van der Waals surface area contributed by atoms with Gasteiger partial charge in [-0.1, -0.05) is 19.9 Å². The van der Waals surface area contributed by atoms with Gasteiger partial charge in [0.05, 0.1) is 5.69 Å². The first-order valence-electron chi connectivity index (χ1n) is 5.94. The van der Waals surface area contributed by atoms with Gasteiger partial charge in [-0.2, -0.15) is 0 Å². The number of nitrogens with two attached hydrogens (primary N) is 1. The Labute approximate surface area is 98.0 Å². The van der Waals surface area contributed by atoms with E-state index in [1.165, 1.54) is 0 Å². The molecule has 0 fully saturated rings. The largest absolute Gasteiger partial charge is 0.381 e. The Hall–Kier alpha value is -0.930. The highest BCUT2D eigenvalue weighted by Crippen LogP contribution is 2.10. The monoisotopic (exact) mass is 222 g/mol. The lowest BCUT2D eigenvalue weighted by atomic mass is 10.1. The van der Waals surface area contributed by atoms with Crippen molar-refractivity contribution in [3.05, 3.63) is 30.1 Å². The molecule has 1 atom stereocenters. The maximum atomic E-state index is 5.99. The van der Waals surface area contributed by atoms with Gasteiger partial charge in [-0.3, -0.25) is 4.98 Å². The van der Waals surface area contributed by atoms with Crippen molar-refractivity contribution in [2.45, 2.75) is 32.7 Å². The molecular weight excluding hydrogens is 200 g/mol. The SMILES string of the molecule is CC(C)CCOCCC(N)c1ccccn1. The maximum Gasteiger partial charge on any atom is 0.0571 e. The summed E-state index contributed by atoms with van der Waals surface area (Å²) in [6.07, 6.45) is 3.71. The van der Waals surface area contributed by atoms with Gasteiger partial charge >= 0.3 is 0 Å². The minimum atomic E-state index is -0.0137. The molecule has 0 amide bonds. The fourth-order valence-corrected chi connectivity index (χ4v) is 1.37. The molecule has 16 heavy (non-hydrogen) atoms. The summed E-state index contributed by atoms with van der Waals surface area (Å²) in [6.45, 7) is 5.93. The molecule has 0 aliphatic heterocycles. The van der Waals surface area contributed by atoms with Gasteiger partial charge in [0, 0.05) is 25.5 Å². The summed E-state index contributed by atoms with van der Waals surface area (Å²) in [4.78, 5) is 4.23. The fraction of sp³-hybridized carbons (Fsp3) is 0.615. The number of rotatable bonds is 7. The summed E-state index contributed by atoms with van der Waals surface area (Å²) in [5.74, 6) is 0.699. The molecule has 0 saturated heterocycles. The molecule has 0 bridgehead atoms. The molecule has 0 saturated carbocycles. The molecule has 3 heteroatoms. The van der Waals surface area contributed by atoms with Crippen molar-refractivity contribution >= 4 is 0 Å². The molecule has 1 unspecified atom stereocenters. The van der Waals surface area contributed by atoms with Gasteiger partial charge in [0.2, 0.25) is 0 Å². The molecule has 0 radical (unpaired) electrons. The van der Waals surface area contributed by atoms with Gasteiger partial charge in [-0.05, 0) is 30.9 Å². The third-order valence-corrected chi connectivity index (χ3v) is 2.48. The summed E-state index contributed by atoms with van der Waals surface area (Å²) < 4.78 is 5.53. The Kier molecular flexibility index (Phi) is 6.04. The Bertz CT molecular complexity index is 275. The van der Waals surface area contributed by atoms with Gasteiger partial charge in [0.15, 0.2) is 0 Å². The van der Waals surface area contributed by atoms with Crippen molar-refractivity contribution in [2.75, 3.05) is 13.2 Å². The standard InChI is InChI=1S/C13H22N2O/c1-11(2)6-9-16-10-7-12(14)13-5-3-4-8-15-13/h3-5,8,11-12H,6-7,9-10,14H2,1-2H3. The van der Waals surface area contributed by atoms with Gasteiger partial charge in [-0.25, -0.2) is 0 Å². The van der Waals surface area contributed by atoms with Crippen molar-refractivity contribution < 1.29 is 4.74 Å². The van der Waals surface area contributed by atoms with Gasteiger partial charge in [-0.15, -0.1) is 0 Å². The molecule has 0 aliphatic rings. The smallest absolute Gasteiger partial charge is 0.0571 e. The highest BCUT2D eigenvalue weighted by Gasteiger charge is 2.06. The zero-order valence-electron chi connectivity index (χ0n) is 10.2. The van der Waals surface area contributed by atoms with Gasteiger partial charge in [0.25, 0.3) is 0 Å². The van der Waals surface area contributed by atoms with Crippen LogP contribution in [0.25, 0.3) is 0 Å². The maximum absolute atomic E-state index is 5.99. The molecule has 1 aromatic rings. The van der Waals surface area contributed by atoms with Crippen molar-refractivity contribution in [2.24, 2.45) is 11.7 Å². The van der Waals surface area contributed by atoms with Crippen LogP contribution in [0.5, 0.6) is 0 Å². The predicted molar refractivity (Wildman–Crippen MR) is 66.1 cm³/mol. The third-order valence-electron chi connectivity index (χ3n) is 2.48. The second-order valence-corrected chi connectivity index (χ2v) is 4.44. The lowest BCUT2D eigenvalue weighted by molar-refractivity contribution is 0.117. The molecule has 90 valence electrons. The van der Waals surface area contributed by atoms with E-state index in [0.29, 0.717) is 12.5 Å². The summed E-state index contributed by atoms with van der Waals surface area (Å²) in [7, 11) is 0. The van der Waals surface area contributed by atoms with Crippen molar-refractivity contribution in [3.8, 4) is 0 Å². The van der Waals surface area contributed by atoms with E-state index in [-0.39, 0.29) is 6.04 Å². The summed E-state index contributed by atoms with van der Waals surface area (Å²) in [6, 6.07) is 5.80. The van der Waals surface area contributed by atoms with Crippen LogP contribution < -0.4 is 5.73 Å². The number of pyridine rings is 1. The van der Waals surface area contributed by atoms with Crippen LogP contribution in [-0.4, -0.2) is 18.2 Å². The Balaban J connectivity index is 2.14. The summed E-state index contributed by atoms with van der Waals surface area (Å²) >= 11 is 0. The first kappa shape index (κ1) is 13.1. The third kappa shape index (κ3) is 5.24. The molecule has 1 heterocycles. The van der Waals surface area contributed by atoms with E-state index < -0.39 is 0 Å².